The topological polar surface area (TPSA) is 119 Å². The lowest BCUT2D eigenvalue weighted by Crippen LogP contribution is -2.36. The van der Waals surface area contributed by atoms with Crippen LogP contribution in [0.2, 0.25) is 0 Å². The number of carbonyl (C=O) groups excluding carboxylic acids is 1. The number of hydrogen-bond acceptors (Lipinski definition) is 6. The number of carbonyl (C=O) groups is 2. The second-order valence-corrected chi connectivity index (χ2v) is 8.24. The fourth-order valence-electron chi connectivity index (χ4n) is 2.11. The Morgan fingerprint density at radius 1 is 1.20 bits per heavy atom. The van der Waals surface area contributed by atoms with Gasteiger partial charge in [0.05, 0.1) is 31.9 Å². The molecule has 0 heterocycles. The molecular formula is C16H23NO7S. The molecule has 0 bridgehead atoms. The van der Waals surface area contributed by atoms with E-state index in [4.69, 9.17) is 14.6 Å². The summed E-state index contributed by atoms with van der Waals surface area (Å²) in [6.07, 6.45) is -0.420. The van der Waals surface area contributed by atoms with Crippen molar-refractivity contribution in [3.05, 3.63) is 23.8 Å². The smallest absolute Gasteiger partial charge is 0.305 e. The SMILES string of the molecule is COc1ccc(C(CC(=O)O)NC(=O)CS(=O)(=O)C(C)C)c(OC)c1. The molecular weight excluding hydrogens is 350 g/mol. The quantitative estimate of drug-likeness (QED) is 0.666. The van der Waals surface area contributed by atoms with Crippen molar-refractivity contribution in [2.24, 2.45) is 0 Å². The molecule has 2 N–H and O–H groups in total. The Bertz CT molecular complexity index is 728. The van der Waals surface area contributed by atoms with Crippen LogP contribution in [-0.4, -0.2) is 50.6 Å². The number of rotatable bonds is 9. The molecule has 0 saturated carbocycles. The maximum Gasteiger partial charge on any atom is 0.305 e. The fraction of sp³-hybridized carbons (Fsp3) is 0.500. The number of hydrogen-bond donors (Lipinski definition) is 2. The first kappa shape index (κ1) is 20.8. The zero-order valence-corrected chi connectivity index (χ0v) is 15.4. The summed E-state index contributed by atoms with van der Waals surface area (Å²) in [5.41, 5.74) is 0.418. The van der Waals surface area contributed by atoms with E-state index in [0.717, 1.165) is 0 Å². The zero-order chi connectivity index (χ0) is 19.2. The van der Waals surface area contributed by atoms with E-state index in [1.165, 1.54) is 28.1 Å². The van der Waals surface area contributed by atoms with E-state index in [0.29, 0.717) is 17.1 Å². The van der Waals surface area contributed by atoms with Crippen molar-refractivity contribution in [3.63, 3.8) is 0 Å². The Labute approximate surface area is 147 Å². The highest BCUT2D eigenvalue weighted by molar-refractivity contribution is 7.92. The van der Waals surface area contributed by atoms with Gasteiger partial charge in [0.25, 0.3) is 0 Å². The molecule has 25 heavy (non-hydrogen) atoms. The first-order valence-corrected chi connectivity index (χ1v) is 9.27. The van der Waals surface area contributed by atoms with Crippen LogP contribution in [0.15, 0.2) is 18.2 Å². The van der Waals surface area contributed by atoms with Crippen LogP contribution in [0.5, 0.6) is 11.5 Å². The van der Waals surface area contributed by atoms with Gasteiger partial charge in [0, 0.05) is 11.6 Å². The summed E-state index contributed by atoms with van der Waals surface area (Å²) >= 11 is 0. The number of methoxy groups -OCH3 is 2. The van der Waals surface area contributed by atoms with Crippen molar-refractivity contribution in [1.29, 1.82) is 0 Å². The Balaban J connectivity index is 3.10. The van der Waals surface area contributed by atoms with E-state index in [1.54, 1.807) is 18.2 Å². The molecule has 1 unspecified atom stereocenters. The van der Waals surface area contributed by atoms with Crippen LogP contribution in [0.1, 0.15) is 31.9 Å². The molecule has 0 spiro atoms. The molecule has 1 aromatic carbocycles. The lowest BCUT2D eigenvalue weighted by molar-refractivity contribution is -0.137. The molecule has 0 radical (unpaired) electrons. The molecule has 0 aliphatic carbocycles. The molecule has 9 heteroatoms. The van der Waals surface area contributed by atoms with Crippen LogP contribution in [0.25, 0.3) is 0 Å². The molecule has 0 aliphatic heterocycles. The van der Waals surface area contributed by atoms with E-state index >= 15 is 0 Å². The molecule has 8 nitrogen and oxygen atoms in total. The van der Waals surface area contributed by atoms with Crippen LogP contribution < -0.4 is 14.8 Å². The summed E-state index contributed by atoms with van der Waals surface area (Å²) in [4.78, 5) is 23.2. The summed E-state index contributed by atoms with van der Waals surface area (Å²) in [6, 6.07) is 3.79. The largest absolute Gasteiger partial charge is 0.497 e. The minimum absolute atomic E-state index is 0.331. The van der Waals surface area contributed by atoms with Gasteiger partial charge in [-0.25, -0.2) is 8.42 Å². The van der Waals surface area contributed by atoms with Crippen molar-refractivity contribution in [2.45, 2.75) is 31.6 Å². The van der Waals surface area contributed by atoms with Crippen LogP contribution in [0, 0.1) is 0 Å². The molecule has 0 aromatic heterocycles. The van der Waals surface area contributed by atoms with E-state index in [2.05, 4.69) is 5.32 Å². The van der Waals surface area contributed by atoms with Gasteiger partial charge in [0.15, 0.2) is 9.84 Å². The fourth-order valence-corrected chi connectivity index (χ4v) is 2.89. The predicted octanol–water partition coefficient (Wildman–Crippen LogP) is 1.16. The maximum atomic E-state index is 12.1. The Kier molecular flexibility index (Phi) is 7.22. The van der Waals surface area contributed by atoms with E-state index in [1.807, 2.05) is 0 Å². The summed E-state index contributed by atoms with van der Waals surface area (Å²) in [7, 11) is -0.713. The van der Waals surface area contributed by atoms with Crippen molar-refractivity contribution < 1.29 is 32.6 Å². The number of benzene rings is 1. The Morgan fingerprint density at radius 3 is 2.32 bits per heavy atom. The molecule has 1 rings (SSSR count). The Hall–Kier alpha value is -2.29. The average molecular weight is 373 g/mol. The third kappa shape index (κ3) is 5.93. The summed E-state index contributed by atoms with van der Waals surface area (Å²) in [5, 5.41) is 10.9. The molecule has 0 saturated heterocycles. The van der Waals surface area contributed by atoms with Gasteiger partial charge in [-0.2, -0.15) is 0 Å². The first-order valence-electron chi connectivity index (χ1n) is 7.55. The van der Waals surface area contributed by atoms with Crippen molar-refractivity contribution in [2.75, 3.05) is 20.0 Å². The van der Waals surface area contributed by atoms with E-state index < -0.39 is 45.2 Å². The number of ether oxygens (including phenoxy) is 2. The average Bonchev–Trinajstić information content (AvgIpc) is 2.52. The summed E-state index contributed by atoms with van der Waals surface area (Å²) in [5.74, 6) is -1.78. The van der Waals surface area contributed by atoms with Crippen LogP contribution in [-0.2, 0) is 19.4 Å². The minimum atomic E-state index is -3.59. The second kappa shape index (κ2) is 8.70. The van der Waals surface area contributed by atoms with Gasteiger partial charge >= 0.3 is 5.97 Å². The number of sulfone groups is 1. The van der Waals surface area contributed by atoms with Crippen LogP contribution in [0.4, 0.5) is 0 Å². The highest BCUT2D eigenvalue weighted by atomic mass is 32.2. The molecule has 1 aromatic rings. The number of aliphatic carboxylic acids is 1. The van der Waals surface area contributed by atoms with Crippen molar-refractivity contribution >= 4 is 21.7 Å². The standard InChI is InChI=1S/C16H23NO7S/c1-10(2)25(21,22)9-15(18)17-13(8-16(19)20)12-6-5-11(23-3)7-14(12)24-4/h5-7,10,13H,8-9H2,1-4H3,(H,17,18)(H,19,20). The van der Waals surface area contributed by atoms with Gasteiger partial charge in [-0.3, -0.25) is 9.59 Å². The third-order valence-corrected chi connectivity index (χ3v) is 5.68. The highest BCUT2D eigenvalue weighted by Gasteiger charge is 2.26. The van der Waals surface area contributed by atoms with Crippen LogP contribution >= 0.6 is 0 Å². The molecule has 1 amide bonds. The Morgan fingerprint density at radius 2 is 1.84 bits per heavy atom. The number of amides is 1. The lowest BCUT2D eigenvalue weighted by Gasteiger charge is -2.20. The summed E-state index contributed by atoms with van der Waals surface area (Å²) < 4.78 is 34.0. The monoisotopic (exact) mass is 373 g/mol. The molecule has 1 atom stereocenters. The number of nitrogens with one attached hydrogen (secondary N) is 1. The zero-order valence-electron chi connectivity index (χ0n) is 14.6. The second-order valence-electron chi connectivity index (χ2n) is 5.68. The normalized spacial score (nSPS) is 12.5. The molecule has 0 fully saturated rings. The van der Waals surface area contributed by atoms with Gasteiger partial charge in [-0.05, 0) is 26.0 Å². The van der Waals surface area contributed by atoms with Crippen molar-refractivity contribution in [3.8, 4) is 11.5 Å². The lowest BCUT2D eigenvalue weighted by atomic mass is 10.0. The van der Waals surface area contributed by atoms with Crippen molar-refractivity contribution in [1.82, 2.24) is 5.32 Å². The summed E-state index contributed by atoms with van der Waals surface area (Å²) in [6.45, 7) is 2.95. The third-order valence-electron chi connectivity index (χ3n) is 3.58. The van der Waals surface area contributed by atoms with Crippen LogP contribution in [0.3, 0.4) is 0 Å². The molecule has 140 valence electrons. The predicted molar refractivity (Wildman–Crippen MR) is 91.6 cm³/mol. The van der Waals surface area contributed by atoms with Gasteiger partial charge in [0.1, 0.15) is 17.3 Å². The van der Waals surface area contributed by atoms with Gasteiger partial charge < -0.3 is 19.9 Å². The highest BCUT2D eigenvalue weighted by Crippen LogP contribution is 2.31. The van der Waals surface area contributed by atoms with Gasteiger partial charge in [-0.15, -0.1) is 0 Å². The van der Waals surface area contributed by atoms with E-state index in [-0.39, 0.29) is 0 Å². The first-order chi connectivity index (χ1) is 11.6. The minimum Gasteiger partial charge on any atom is -0.497 e. The van der Waals surface area contributed by atoms with Gasteiger partial charge in [-0.1, -0.05) is 0 Å². The molecule has 0 aliphatic rings. The number of carboxylic acids is 1. The van der Waals surface area contributed by atoms with Gasteiger partial charge in [0.2, 0.25) is 5.91 Å². The maximum absolute atomic E-state index is 12.1. The van der Waals surface area contributed by atoms with E-state index in [9.17, 15) is 18.0 Å². The number of carboxylic acid groups (broad SMARTS) is 1.